The monoisotopic (exact) mass is 951 g/mol. The molecule has 0 amide bonds. The van der Waals surface area contributed by atoms with E-state index in [1.54, 1.807) is 0 Å². The van der Waals surface area contributed by atoms with Gasteiger partial charge in [0.25, 0.3) is 0 Å². The van der Waals surface area contributed by atoms with E-state index in [2.05, 4.69) is 207 Å². The molecule has 296 valence electrons. The van der Waals surface area contributed by atoms with Gasteiger partial charge in [0.05, 0.1) is 0 Å². The zero-order chi connectivity index (χ0) is 40.4. The Morgan fingerprint density at radius 2 is 1.39 bits per heavy atom. The molecule has 0 N–H and O–H groups in total. The number of ether oxygens (including phenoxy) is 1. The summed E-state index contributed by atoms with van der Waals surface area (Å²) in [5, 5.41) is 2.36. The fraction of sp³-hybridized carbons (Fsp3) is 0.208. The fourth-order valence-corrected chi connectivity index (χ4v) is 9.86. The third-order valence-electron chi connectivity index (χ3n) is 12.1. The van der Waals surface area contributed by atoms with Gasteiger partial charge in [0, 0.05) is 11.8 Å². The van der Waals surface area contributed by atoms with Crippen molar-refractivity contribution in [1.82, 2.24) is 18.5 Å². The van der Waals surface area contributed by atoms with Crippen molar-refractivity contribution in [3.8, 4) is 34.1 Å². The van der Waals surface area contributed by atoms with Gasteiger partial charge in [-0.2, -0.15) is 0 Å². The van der Waals surface area contributed by atoms with Gasteiger partial charge in [-0.05, 0) is 28.0 Å². The SMILES string of the molecule is CC(C)c1cc(-n2c3ccccc3c3ccc(Oc4cccc(-n5cc6c7ccc(n6[c]5=[Pt])CCc5ccc(cc5)CC7)c4)cc32)ncc1-c1ccc(C(C)(C)C)cc1. The number of benzene rings is 5. The minimum atomic E-state index is 0.103. The van der Waals surface area contributed by atoms with Crippen molar-refractivity contribution in [2.24, 2.45) is 0 Å². The Labute approximate surface area is 357 Å². The molecular weight excluding hydrogens is 904 g/mol. The topological polar surface area (TPSA) is 36.4 Å². The van der Waals surface area contributed by atoms with E-state index in [0.717, 1.165) is 63.5 Å². The van der Waals surface area contributed by atoms with Gasteiger partial charge in [-0.1, -0.05) is 71.0 Å². The number of aryl methyl sites for hydroxylation is 4. The van der Waals surface area contributed by atoms with Crippen LogP contribution in [0.2, 0.25) is 0 Å². The third kappa shape index (κ3) is 6.90. The maximum absolute atomic E-state index is 6.74. The van der Waals surface area contributed by atoms with Crippen molar-refractivity contribution < 1.29 is 24.1 Å². The molecule has 0 saturated carbocycles. The van der Waals surface area contributed by atoms with Gasteiger partial charge in [0.15, 0.2) is 0 Å². The summed E-state index contributed by atoms with van der Waals surface area (Å²) in [6.45, 7) is 11.3. The summed E-state index contributed by atoms with van der Waals surface area (Å²) in [5.41, 5.74) is 15.1. The molecule has 4 aromatic heterocycles. The molecule has 5 aromatic carbocycles. The summed E-state index contributed by atoms with van der Waals surface area (Å²) in [4.78, 5) is 5.16. The average Bonchev–Trinajstić information content (AvgIpc) is 3.76. The van der Waals surface area contributed by atoms with Gasteiger partial charge >= 0.3 is 248 Å². The van der Waals surface area contributed by atoms with E-state index in [-0.39, 0.29) is 5.41 Å². The zero-order valence-electron chi connectivity index (χ0n) is 34.3. The first kappa shape index (κ1) is 37.5. The van der Waals surface area contributed by atoms with E-state index in [1.807, 2.05) is 6.07 Å². The molecule has 59 heavy (non-hydrogen) atoms. The number of para-hydroxylation sites is 1. The fourth-order valence-electron chi connectivity index (χ4n) is 8.82. The second-order valence-corrected chi connectivity index (χ2v) is 18.4. The van der Waals surface area contributed by atoms with Gasteiger partial charge in [-0.15, -0.1) is 0 Å². The van der Waals surface area contributed by atoms with Crippen LogP contribution in [-0.4, -0.2) is 18.5 Å². The van der Waals surface area contributed by atoms with Crippen molar-refractivity contribution in [3.63, 3.8) is 0 Å². The minimum absolute atomic E-state index is 0.103. The van der Waals surface area contributed by atoms with Crippen LogP contribution in [0.25, 0.3) is 50.0 Å². The summed E-state index contributed by atoms with van der Waals surface area (Å²) in [5.74, 6) is 2.78. The normalized spacial score (nSPS) is 13.2. The predicted octanol–water partition coefficient (Wildman–Crippen LogP) is 13.1. The van der Waals surface area contributed by atoms with Gasteiger partial charge in [0.2, 0.25) is 0 Å². The number of pyridine rings is 2. The molecule has 0 unspecified atom stereocenters. The van der Waals surface area contributed by atoms with Crippen molar-refractivity contribution in [1.29, 1.82) is 0 Å². The molecule has 0 saturated heterocycles. The Balaban J connectivity index is 1.02. The Hall–Kier alpha value is -5.77. The molecule has 6 heteroatoms. The second kappa shape index (κ2) is 14.8. The quantitative estimate of drug-likeness (QED) is 0.167. The van der Waals surface area contributed by atoms with Crippen molar-refractivity contribution in [2.45, 2.75) is 71.6 Å². The number of nitrogens with zero attached hydrogens (tertiary/aromatic N) is 4. The van der Waals surface area contributed by atoms with Gasteiger partial charge in [-0.3, -0.25) is 0 Å². The molecule has 0 atom stereocenters. The van der Waals surface area contributed by atoms with Gasteiger partial charge in [0.1, 0.15) is 0 Å². The van der Waals surface area contributed by atoms with Crippen molar-refractivity contribution in [2.75, 3.05) is 0 Å². The van der Waals surface area contributed by atoms with E-state index in [1.165, 1.54) is 60.9 Å². The van der Waals surface area contributed by atoms with E-state index < -0.39 is 0 Å². The van der Waals surface area contributed by atoms with Crippen LogP contribution >= 0.6 is 0 Å². The number of imidazole rings is 1. The van der Waals surface area contributed by atoms with Crippen LogP contribution in [0.3, 0.4) is 0 Å². The number of hydrogen-bond acceptors (Lipinski definition) is 2. The Kier molecular flexibility index (Phi) is 9.41. The van der Waals surface area contributed by atoms with Gasteiger partial charge < -0.3 is 0 Å². The Morgan fingerprint density at radius 3 is 2.15 bits per heavy atom. The molecule has 6 heterocycles. The molecule has 2 aliphatic carbocycles. The standard InChI is InChI=1S/C53H48N4O.Pt/c1-35(2)47-31-52(54-32-48(47)38-20-23-40(24-21-38)53(3,4)5)57-49-12-7-6-11-45(49)46-28-27-44(30-50(46)57)58-43-10-8-9-42(29-43)55-33-51-39-19-17-36-13-15-37(16-14-36)18-25-41(26-22-39)56(51)34-55;/h6-16,20-24,26-33,35H,17-19,25H2,1-5H3;. The van der Waals surface area contributed by atoms with Crippen LogP contribution < -0.4 is 4.74 Å². The summed E-state index contributed by atoms with van der Waals surface area (Å²) >= 11 is 2.50. The average molecular weight is 952 g/mol. The summed E-state index contributed by atoms with van der Waals surface area (Å²) < 4.78 is 15.0. The van der Waals surface area contributed by atoms with Crippen LogP contribution in [0.4, 0.5) is 0 Å². The summed E-state index contributed by atoms with van der Waals surface area (Å²) in [7, 11) is 0. The zero-order valence-corrected chi connectivity index (χ0v) is 36.5. The Morgan fingerprint density at radius 1 is 0.661 bits per heavy atom. The molecule has 4 aliphatic rings. The van der Waals surface area contributed by atoms with Gasteiger partial charge in [-0.25, -0.2) is 0 Å². The molecule has 0 radical (unpaired) electrons. The van der Waals surface area contributed by atoms with Crippen molar-refractivity contribution in [3.05, 3.63) is 183 Å². The van der Waals surface area contributed by atoms with E-state index >= 15 is 0 Å². The van der Waals surface area contributed by atoms with Crippen LogP contribution in [-0.2, 0) is 50.5 Å². The van der Waals surface area contributed by atoms with Crippen LogP contribution in [0, 0.1) is 3.80 Å². The molecule has 13 rings (SSSR count). The minimum Gasteiger partial charge on any atom is -0.0579 e. The molecule has 9 aromatic rings. The number of rotatable bonds is 6. The summed E-state index contributed by atoms with van der Waals surface area (Å²) in [6, 6.07) is 48.7. The smallest absolute Gasteiger partial charge is 0.0579 e. The summed E-state index contributed by atoms with van der Waals surface area (Å²) in [6.07, 6.45) is 8.39. The number of hydrogen-bond donors (Lipinski definition) is 0. The van der Waals surface area contributed by atoms with E-state index in [4.69, 9.17) is 9.72 Å². The van der Waals surface area contributed by atoms with Crippen molar-refractivity contribution >= 4 is 27.3 Å². The predicted molar refractivity (Wildman–Crippen MR) is 238 cm³/mol. The maximum atomic E-state index is 6.74. The van der Waals surface area contributed by atoms with Crippen LogP contribution in [0.15, 0.2) is 146 Å². The Bertz CT molecular complexity index is 3100. The number of fused-ring (bicyclic) bond motifs is 3. The second-order valence-electron chi connectivity index (χ2n) is 17.4. The van der Waals surface area contributed by atoms with E-state index in [0.29, 0.717) is 5.92 Å². The molecule has 4 bridgehead atoms. The molecule has 5 nitrogen and oxygen atoms in total. The first-order valence-electron chi connectivity index (χ1n) is 20.8. The first-order chi connectivity index (χ1) is 28.6. The number of aromatic nitrogens is 4. The van der Waals surface area contributed by atoms with Crippen LogP contribution in [0.5, 0.6) is 11.5 Å². The third-order valence-corrected chi connectivity index (χ3v) is 13.2. The van der Waals surface area contributed by atoms with E-state index in [9.17, 15) is 0 Å². The first-order valence-corrected chi connectivity index (χ1v) is 21.9. The van der Waals surface area contributed by atoms with Crippen LogP contribution in [0.1, 0.15) is 74.0 Å². The molecule has 0 fully saturated rings. The molecular formula is C53H48N4OPt. The molecule has 0 spiro atoms. The molecule has 2 aliphatic heterocycles.